The first-order chi connectivity index (χ1) is 11.8. The molecule has 0 aromatic heterocycles. The Hall–Kier alpha value is -1.44. The maximum atomic E-state index is 12.6. The molecule has 3 saturated heterocycles. The average molecular weight is 353 g/mol. The molecule has 0 spiro atoms. The molecule has 6 atom stereocenters. The topological polar surface area (TPSA) is 96.3 Å². The molecule has 0 bridgehead atoms. The highest BCUT2D eigenvalue weighted by atomic mass is 16.6. The second-order valence-electron chi connectivity index (χ2n) is 7.53. The first-order valence-corrected chi connectivity index (χ1v) is 8.96. The van der Waals surface area contributed by atoms with Crippen LogP contribution in [0.15, 0.2) is 11.6 Å². The van der Waals surface area contributed by atoms with E-state index in [1.54, 1.807) is 6.92 Å². The van der Waals surface area contributed by atoms with E-state index in [9.17, 15) is 19.8 Å². The van der Waals surface area contributed by atoms with Gasteiger partial charge >= 0.3 is 11.9 Å². The quantitative estimate of drug-likeness (QED) is 0.476. The zero-order chi connectivity index (χ0) is 18.4. The summed E-state index contributed by atoms with van der Waals surface area (Å²) in [6.45, 7) is 6.37. The Morgan fingerprint density at radius 3 is 2.64 bits per heavy atom. The van der Waals surface area contributed by atoms with Crippen LogP contribution in [-0.4, -0.2) is 70.6 Å². The van der Waals surface area contributed by atoms with E-state index in [-0.39, 0.29) is 30.2 Å². The molecule has 25 heavy (non-hydrogen) atoms. The number of aliphatic hydroxyl groups excluding tert-OH is 1. The Balaban J connectivity index is 1.94. The summed E-state index contributed by atoms with van der Waals surface area (Å²) in [6, 6.07) is 0.0220. The fourth-order valence-electron chi connectivity index (χ4n) is 4.23. The van der Waals surface area contributed by atoms with E-state index >= 15 is 0 Å². The summed E-state index contributed by atoms with van der Waals surface area (Å²) in [5, 5.41) is 21.2. The lowest BCUT2D eigenvalue weighted by Gasteiger charge is -2.34. The van der Waals surface area contributed by atoms with Gasteiger partial charge in [0.15, 0.2) is 5.60 Å². The standard InChI is InChI=1S/C18H27NO6/c1-4-12-15(20)10(2)18(3,23)17(22)24-9-11-5-7-19-8-6-13(14(11)19)25-16(12)21/h4,10-11,13-15,20,23H,5-9H2,1-3H3/b12-4+. The number of hydrogen-bond acceptors (Lipinski definition) is 7. The second kappa shape index (κ2) is 6.70. The molecule has 7 nitrogen and oxygen atoms in total. The Kier molecular flexibility index (Phi) is 4.92. The smallest absolute Gasteiger partial charge is 0.338 e. The Morgan fingerprint density at radius 2 is 1.96 bits per heavy atom. The Bertz CT molecular complexity index is 586. The summed E-state index contributed by atoms with van der Waals surface area (Å²) < 4.78 is 11.1. The lowest BCUT2D eigenvalue weighted by molar-refractivity contribution is -0.176. The number of ether oxygens (including phenoxy) is 2. The van der Waals surface area contributed by atoms with Gasteiger partial charge in [0.05, 0.1) is 24.3 Å². The summed E-state index contributed by atoms with van der Waals surface area (Å²) in [7, 11) is 0. The molecule has 0 radical (unpaired) electrons. The van der Waals surface area contributed by atoms with Gasteiger partial charge in [-0.05, 0) is 33.2 Å². The number of carbonyl (C=O) groups is 2. The largest absolute Gasteiger partial charge is 0.463 e. The van der Waals surface area contributed by atoms with Crippen LogP contribution >= 0.6 is 0 Å². The van der Waals surface area contributed by atoms with Gasteiger partial charge in [0.25, 0.3) is 0 Å². The minimum absolute atomic E-state index is 0.0220. The molecule has 3 heterocycles. The highest BCUT2D eigenvalue weighted by molar-refractivity contribution is 5.90. The van der Waals surface area contributed by atoms with Crippen molar-refractivity contribution in [2.45, 2.75) is 57.5 Å². The summed E-state index contributed by atoms with van der Waals surface area (Å²) >= 11 is 0. The van der Waals surface area contributed by atoms with E-state index in [1.165, 1.54) is 19.9 Å². The number of rotatable bonds is 0. The molecule has 0 saturated carbocycles. The van der Waals surface area contributed by atoms with Crippen molar-refractivity contribution < 1.29 is 29.3 Å². The molecule has 0 amide bonds. The zero-order valence-electron chi connectivity index (χ0n) is 15.0. The molecule has 7 heteroatoms. The van der Waals surface area contributed by atoms with Gasteiger partial charge in [-0.2, -0.15) is 0 Å². The number of cyclic esters (lactones) is 1. The van der Waals surface area contributed by atoms with Gasteiger partial charge in [-0.1, -0.05) is 13.0 Å². The van der Waals surface area contributed by atoms with Crippen LogP contribution in [0, 0.1) is 11.8 Å². The number of carbonyl (C=O) groups excluding carboxylic acids is 2. The van der Waals surface area contributed by atoms with Crippen molar-refractivity contribution in [3.8, 4) is 0 Å². The third kappa shape index (κ3) is 3.09. The molecular formula is C18H27NO6. The number of allylic oxidation sites excluding steroid dienone is 1. The number of esters is 2. The Morgan fingerprint density at radius 1 is 1.28 bits per heavy atom. The highest BCUT2D eigenvalue weighted by Gasteiger charge is 2.49. The van der Waals surface area contributed by atoms with E-state index in [0.29, 0.717) is 0 Å². The van der Waals surface area contributed by atoms with Crippen molar-refractivity contribution in [2.75, 3.05) is 19.7 Å². The van der Waals surface area contributed by atoms with E-state index in [4.69, 9.17) is 9.47 Å². The summed E-state index contributed by atoms with van der Waals surface area (Å²) in [6.07, 6.45) is 1.49. The van der Waals surface area contributed by atoms with Gasteiger partial charge in [0, 0.05) is 18.4 Å². The second-order valence-corrected chi connectivity index (χ2v) is 7.53. The van der Waals surface area contributed by atoms with Crippen LogP contribution in [0.3, 0.4) is 0 Å². The van der Waals surface area contributed by atoms with Crippen molar-refractivity contribution in [1.29, 1.82) is 0 Å². The predicted octanol–water partition coefficient (Wildman–Crippen LogP) is 0.244. The van der Waals surface area contributed by atoms with Crippen molar-refractivity contribution in [3.63, 3.8) is 0 Å². The molecule has 0 aromatic rings. The third-order valence-corrected chi connectivity index (χ3v) is 6.10. The molecule has 0 aromatic carbocycles. The van der Waals surface area contributed by atoms with Crippen LogP contribution in [0.4, 0.5) is 0 Å². The highest BCUT2D eigenvalue weighted by Crippen LogP contribution is 2.37. The van der Waals surface area contributed by atoms with Crippen LogP contribution in [0.2, 0.25) is 0 Å². The first kappa shape index (κ1) is 18.4. The van der Waals surface area contributed by atoms with Crippen molar-refractivity contribution in [2.24, 2.45) is 11.8 Å². The molecule has 2 N–H and O–H groups in total. The summed E-state index contributed by atoms with van der Waals surface area (Å²) in [4.78, 5) is 27.3. The van der Waals surface area contributed by atoms with Crippen molar-refractivity contribution >= 4 is 11.9 Å². The lowest BCUT2D eigenvalue weighted by Crippen LogP contribution is -2.50. The molecule has 3 aliphatic rings. The van der Waals surface area contributed by atoms with Crippen LogP contribution in [-0.2, 0) is 19.1 Å². The van der Waals surface area contributed by atoms with Gasteiger partial charge in [-0.25, -0.2) is 9.59 Å². The molecule has 0 aliphatic carbocycles. The number of hydrogen-bond donors (Lipinski definition) is 2. The lowest BCUT2D eigenvalue weighted by atomic mass is 9.82. The minimum atomic E-state index is -1.90. The maximum Gasteiger partial charge on any atom is 0.338 e. The number of nitrogens with zero attached hydrogens (tertiary/aromatic N) is 1. The van der Waals surface area contributed by atoms with E-state index in [2.05, 4.69) is 4.90 Å². The SMILES string of the molecule is C/C=C1/C(=O)OC2CCN3CCC(COC(=O)C(C)(O)C(C)C1O)C23. The van der Waals surface area contributed by atoms with Gasteiger partial charge in [-0.15, -0.1) is 0 Å². The molecule has 140 valence electrons. The molecular weight excluding hydrogens is 326 g/mol. The summed E-state index contributed by atoms with van der Waals surface area (Å²) in [5.41, 5.74) is -1.84. The fourth-order valence-corrected chi connectivity index (χ4v) is 4.23. The first-order valence-electron chi connectivity index (χ1n) is 8.96. The molecule has 3 rings (SSSR count). The molecule has 6 unspecified atom stereocenters. The van der Waals surface area contributed by atoms with Crippen LogP contribution < -0.4 is 0 Å². The Labute approximate surface area is 147 Å². The van der Waals surface area contributed by atoms with Gasteiger partial charge in [-0.3, -0.25) is 4.90 Å². The third-order valence-electron chi connectivity index (χ3n) is 6.10. The molecule has 3 aliphatic heterocycles. The maximum absolute atomic E-state index is 12.6. The zero-order valence-corrected chi connectivity index (χ0v) is 15.0. The average Bonchev–Trinajstić information content (AvgIpc) is 3.14. The van der Waals surface area contributed by atoms with E-state index in [1.807, 2.05) is 0 Å². The van der Waals surface area contributed by atoms with Crippen LogP contribution in [0.25, 0.3) is 0 Å². The van der Waals surface area contributed by atoms with Gasteiger partial charge in [0.1, 0.15) is 6.10 Å². The minimum Gasteiger partial charge on any atom is -0.463 e. The van der Waals surface area contributed by atoms with Crippen molar-refractivity contribution in [3.05, 3.63) is 11.6 Å². The summed E-state index contributed by atoms with van der Waals surface area (Å²) in [5.74, 6) is -2.19. The monoisotopic (exact) mass is 353 g/mol. The van der Waals surface area contributed by atoms with Gasteiger partial charge in [0.2, 0.25) is 0 Å². The van der Waals surface area contributed by atoms with Crippen LogP contribution in [0.5, 0.6) is 0 Å². The van der Waals surface area contributed by atoms with E-state index < -0.39 is 29.6 Å². The number of aliphatic hydroxyl groups is 2. The van der Waals surface area contributed by atoms with Gasteiger partial charge < -0.3 is 19.7 Å². The van der Waals surface area contributed by atoms with E-state index in [0.717, 1.165) is 25.9 Å². The normalized spacial score (nSPS) is 44.7. The predicted molar refractivity (Wildman–Crippen MR) is 88.5 cm³/mol. The fraction of sp³-hybridized carbons (Fsp3) is 0.778. The van der Waals surface area contributed by atoms with Crippen LogP contribution in [0.1, 0.15) is 33.6 Å². The molecule has 3 fully saturated rings. The van der Waals surface area contributed by atoms with Crippen molar-refractivity contribution in [1.82, 2.24) is 4.90 Å².